The fourth-order valence-electron chi connectivity index (χ4n) is 1.83. The Morgan fingerprint density at radius 2 is 2.12 bits per heavy atom. The van der Waals surface area contributed by atoms with Crippen LogP contribution in [0.4, 0.5) is 0 Å². The van der Waals surface area contributed by atoms with Gasteiger partial charge in [-0.05, 0) is 17.5 Å². The van der Waals surface area contributed by atoms with Crippen molar-refractivity contribution in [3.05, 3.63) is 41.7 Å². The number of hydrogen-bond donors (Lipinski definition) is 0. The first-order valence-corrected chi connectivity index (χ1v) is 5.65. The number of aryl methyl sites for hydroxylation is 1. The molecule has 0 aliphatic carbocycles. The summed E-state index contributed by atoms with van der Waals surface area (Å²) in [6.07, 6.45) is 3.70. The van der Waals surface area contributed by atoms with Gasteiger partial charge in [-0.25, -0.2) is 0 Å². The number of nitriles is 1. The fourth-order valence-corrected chi connectivity index (χ4v) is 1.83. The Hall–Kier alpha value is -2.08. The van der Waals surface area contributed by atoms with Crippen LogP contribution in [0.3, 0.4) is 0 Å². The Balaban J connectivity index is 2.53. The molecule has 1 aromatic carbocycles. The summed E-state index contributed by atoms with van der Waals surface area (Å²) in [5.41, 5.74) is 3.84. The minimum absolute atomic E-state index is 0.435. The molecule has 0 aliphatic heterocycles. The standard InChI is InChI=1S/C14H15N3/c1-10(2)11-4-5-14(12(6-11)7-15)13-8-16-17(3)9-13/h4-6,8-10H,1-3H3. The third-order valence-electron chi connectivity index (χ3n) is 2.85. The smallest absolute Gasteiger partial charge is 0.0998 e. The first kappa shape index (κ1) is 11.4. The van der Waals surface area contributed by atoms with Crippen LogP contribution in [0.25, 0.3) is 11.1 Å². The molecule has 3 heteroatoms. The number of benzene rings is 1. The summed E-state index contributed by atoms with van der Waals surface area (Å²) in [7, 11) is 1.87. The molecule has 3 nitrogen and oxygen atoms in total. The van der Waals surface area contributed by atoms with E-state index in [1.807, 2.05) is 25.4 Å². The monoisotopic (exact) mass is 225 g/mol. The van der Waals surface area contributed by atoms with Crippen LogP contribution < -0.4 is 0 Å². The molecule has 2 aromatic rings. The van der Waals surface area contributed by atoms with Gasteiger partial charge in [-0.15, -0.1) is 0 Å². The van der Waals surface area contributed by atoms with E-state index in [0.29, 0.717) is 11.5 Å². The molecule has 86 valence electrons. The lowest BCUT2D eigenvalue weighted by atomic mass is 9.95. The molecule has 0 spiro atoms. The number of aromatic nitrogens is 2. The summed E-state index contributed by atoms with van der Waals surface area (Å²) in [6, 6.07) is 8.31. The van der Waals surface area contributed by atoms with Gasteiger partial charge in [0.15, 0.2) is 0 Å². The van der Waals surface area contributed by atoms with Crippen LogP contribution in [0.2, 0.25) is 0 Å². The van der Waals surface area contributed by atoms with E-state index in [1.165, 1.54) is 5.56 Å². The summed E-state index contributed by atoms with van der Waals surface area (Å²) in [5, 5.41) is 13.3. The number of rotatable bonds is 2. The van der Waals surface area contributed by atoms with E-state index >= 15 is 0 Å². The Kier molecular flexibility index (Phi) is 2.97. The molecular formula is C14H15N3. The molecule has 0 radical (unpaired) electrons. The first-order chi connectivity index (χ1) is 8.11. The zero-order valence-electron chi connectivity index (χ0n) is 10.3. The second-order valence-electron chi connectivity index (χ2n) is 4.47. The van der Waals surface area contributed by atoms with Crippen molar-refractivity contribution in [2.24, 2.45) is 7.05 Å². The van der Waals surface area contributed by atoms with Gasteiger partial charge < -0.3 is 0 Å². The third-order valence-corrected chi connectivity index (χ3v) is 2.85. The lowest BCUT2D eigenvalue weighted by molar-refractivity contribution is 0.768. The lowest BCUT2D eigenvalue weighted by Gasteiger charge is -2.08. The van der Waals surface area contributed by atoms with E-state index in [4.69, 9.17) is 0 Å². The molecule has 0 N–H and O–H groups in total. The van der Waals surface area contributed by atoms with Gasteiger partial charge in [-0.1, -0.05) is 26.0 Å². The molecule has 2 rings (SSSR count). The predicted molar refractivity (Wildman–Crippen MR) is 67.4 cm³/mol. The summed E-state index contributed by atoms with van der Waals surface area (Å²) in [5.74, 6) is 0.435. The Bertz CT molecular complexity index is 573. The van der Waals surface area contributed by atoms with Gasteiger partial charge in [0.2, 0.25) is 0 Å². The summed E-state index contributed by atoms with van der Waals surface area (Å²) >= 11 is 0. The normalized spacial score (nSPS) is 10.5. The van der Waals surface area contributed by atoms with E-state index in [-0.39, 0.29) is 0 Å². The van der Waals surface area contributed by atoms with Gasteiger partial charge in [-0.2, -0.15) is 10.4 Å². The summed E-state index contributed by atoms with van der Waals surface area (Å²) < 4.78 is 1.74. The topological polar surface area (TPSA) is 41.6 Å². The van der Waals surface area contributed by atoms with E-state index < -0.39 is 0 Å². The van der Waals surface area contributed by atoms with Gasteiger partial charge in [-0.3, -0.25) is 4.68 Å². The molecule has 0 bridgehead atoms. The maximum Gasteiger partial charge on any atom is 0.0998 e. The zero-order chi connectivity index (χ0) is 12.4. The van der Waals surface area contributed by atoms with Gasteiger partial charge in [0.05, 0.1) is 17.8 Å². The van der Waals surface area contributed by atoms with Crippen molar-refractivity contribution in [2.45, 2.75) is 19.8 Å². The number of hydrogen-bond acceptors (Lipinski definition) is 2. The van der Waals surface area contributed by atoms with Crippen LogP contribution in [-0.2, 0) is 7.05 Å². The number of nitrogens with zero attached hydrogens (tertiary/aromatic N) is 3. The highest BCUT2D eigenvalue weighted by atomic mass is 15.2. The molecular weight excluding hydrogens is 210 g/mol. The quantitative estimate of drug-likeness (QED) is 0.788. The van der Waals surface area contributed by atoms with Crippen molar-refractivity contribution in [3.63, 3.8) is 0 Å². The molecule has 0 aliphatic rings. The highest BCUT2D eigenvalue weighted by Crippen LogP contribution is 2.26. The van der Waals surface area contributed by atoms with Crippen LogP contribution in [0.5, 0.6) is 0 Å². The van der Waals surface area contributed by atoms with Crippen LogP contribution >= 0.6 is 0 Å². The van der Waals surface area contributed by atoms with Crippen molar-refractivity contribution in [1.82, 2.24) is 9.78 Å². The fraction of sp³-hybridized carbons (Fsp3) is 0.286. The van der Waals surface area contributed by atoms with Crippen LogP contribution in [0.15, 0.2) is 30.6 Å². The summed E-state index contributed by atoms with van der Waals surface area (Å²) in [6.45, 7) is 4.25. The van der Waals surface area contributed by atoms with E-state index in [9.17, 15) is 5.26 Å². The molecule has 0 amide bonds. The first-order valence-electron chi connectivity index (χ1n) is 5.65. The highest BCUT2D eigenvalue weighted by molar-refractivity contribution is 5.70. The largest absolute Gasteiger partial charge is 0.275 e. The second kappa shape index (κ2) is 4.42. The van der Waals surface area contributed by atoms with Crippen molar-refractivity contribution < 1.29 is 0 Å². The van der Waals surface area contributed by atoms with Crippen LogP contribution in [0.1, 0.15) is 30.9 Å². The van der Waals surface area contributed by atoms with Crippen LogP contribution in [0, 0.1) is 11.3 Å². The van der Waals surface area contributed by atoms with E-state index in [2.05, 4.69) is 31.1 Å². The summed E-state index contributed by atoms with van der Waals surface area (Å²) in [4.78, 5) is 0. The Labute approximate surface area is 101 Å². The average Bonchev–Trinajstić information content (AvgIpc) is 2.74. The zero-order valence-corrected chi connectivity index (χ0v) is 10.3. The van der Waals surface area contributed by atoms with E-state index in [1.54, 1.807) is 10.9 Å². The van der Waals surface area contributed by atoms with Gasteiger partial charge in [0.25, 0.3) is 0 Å². The molecule has 0 atom stereocenters. The van der Waals surface area contributed by atoms with Crippen molar-refractivity contribution >= 4 is 0 Å². The van der Waals surface area contributed by atoms with Gasteiger partial charge in [0.1, 0.15) is 0 Å². The molecule has 0 saturated heterocycles. The molecule has 17 heavy (non-hydrogen) atoms. The van der Waals surface area contributed by atoms with Crippen LogP contribution in [-0.4, -0.2) is 9.78 Å². The maximum atomic E-state index is 9.22. The second-order valence-corrected chi connectivity index (χ2v) is 4.47. The molecule has 1 heterocycles. The Morgan fingerprint density at radius 3 is 2.65 bits per heavy atom. The SMILES string of the molecule is CC(C)c1ccc(-c2cnn(C)c2)c(C#N)c1. The maximum absolute atomic E-state index is 9.22. The minimum Gasteiger partial charge on any atom is -0.275 e. The Morgan fingerprint density at radius 1 is 1.35 bits per heavy atom. The third kappa shape index (κ3) is 2.21. The van der Waals surface area contributed by atoms with E-state index in [0.717, 1.165) is 11.1 Å². The lowest BCUT2D eigenvalue weighted by Crippen LogP contribution is -1.91. The van der Waals surface area contributed by atoms with Gasteiger partial charge >= 0.3 is 0 Å². The van der Waals surface area contributed by atoms with Crippen molar-refractivity contribution in [3.8, 4) is 17.2 Å². The highest BCUT2D eigenvalue weighted by Gasteiger charge is 2.09. The molecule has 0 fully saturated rings. The molecule has 0 unspecified atom stereocenters. The van der Waals surface area contributed by atoms with Gasteiger partial charge in [0, 0.05) is 24.4 Å². The molecule has 0 saturated carbocycles. The predicted octanol–water partition coefficient (Wildman–Crippen LogP) is 3.08. The van der Waals surface area contributed by atoms with Crippen molar-refractivity contribution in [2.75, 3.05) is 0 Å². The average molecular weight is 225 g/mol. The van der Waals surface area contributed by atoms with Crippen molar-refractivity contribution in [1.29, 1.82) is 5.26 Å². The molecule has 1 aromatic heterocycles. The minimum atomic E-state index is 0.435.